The summed E-state index contributed by atoms with van der Waals surface area (Å²) in [5.41, 5.74) is 2.06. The van der Waals surface area contributed by atoms with Gasteiger partial charge in [0.1, 0.15) is 0 Å². The molecule has 0 aromatic heterocycles. The second-order valence-electron chi connectivity index (χ2n) is 6.80. The molecule has 0 aliphatic heterocycles. The molecule has 1 aliphatic carbocycles. The third-order valence-corrected chi connectivity index (χ3v) is 6.58. The van der Waals surface area contributed by atoms with E-state index >= 15 is 0 Å². The highest BCUT2D eigenvalue weighted by Gasteiger charge is 2.29. The number of anilines is 1. The van der Waals surface area contributed by atoms with Crippen LogP contribution >= 0.6 is 0 Å². The van der Waals surface area contributed by atoms with Crippen LogP contribution in [0.15, 0.2) is 24.3 Å². The van der Waals surface area contributed by atoms with Crippen LogP contribution in [0.25, 0.3) is 0 Å². The molecular weight excluding hydrogens is 324 g/mol. The van der Waals surface area contributed by atoms with Gasteiger partial charge in [-0.15, -0.1) is 0 Å². The van der Waals surface area contributed by atoms with Crippen LogP contribution in [0.4, 0.5) is 5.69 Å². The molecule has 1 aromatic carbocycles. The van der Waals surface area contributed by atoms with E-state index in [4.69, 9.17) is 0 Å². The van der Waals surface area contributed by atoms with Crippen LogP contribution in [-0.4, -0.2) is 25.6 Å². The maximum atomic E-state index is 12.4. The van der Waals surface area contributed by atoms with Crippen LogP contribution in [0.3, 0.4) is 0 Å². The lowest BCUT2D eigenvalue weighted by molar-refractivity contribution is -0.120. The summed E-state index contributed by atoms with van der Waals surface area (Å²) < 4.78 is 26.6. The van der Waals surface area contributed by atoms with E-state index in [1.165, 1.54) is 5.56 Å². The second kappa shape index (κ2) is 8.12. The molecule has 1 amide bonds. The van der Waals surface area contributed by atoms with Crippen molar-refractivity contribution in [2.24, 2.45) is 5.92 Å². The number of carbonyl (C=O) groups is 1. The van der Waals surface area contributed by atoms with Gasteiger partial charge in [0.2, 0.25) is 15.9 Å². The van der Waals surface area contributed by atoms with Gasteiger partial charge in [-0.3, -0.25) is 4.79 Å². The van der Waals surface area contributed by atoms with E-state index < -0.39 is 15.3 Å². The number of hydrogen-bond donors (Lipinski definition) is 2. The van der Waals surface area contributed by atoms with Crippen molar-refractivity contribution in [1.29, 1.82) is 0 Å². The molecule has 1 fully saturated rings. The molecule has 0 heterocycles. The molecular formula is C18H28N2O3S. The highest BCUT2D eigenvalue weighted by atomic mass is 32.2. The van der Waals surface area contributed by atoms with Crippen molar-refractivity contribution in [3.8, 4) is 0 Å². The minimum Gasteiger partial charge on any atom is -0.326 e. The lowest BCUT2D eigenvalue weighted by atomic mass is 9.86. The summed E-state index contributed by atoms with van der Waals surface area (Å²) in [6.45, 7) is 5.44. The van der Waals surface area contributed by atoms with Crippen LogP contribution in [-0.2, 0) is 21.2 Å². The quantitative estimate of drug-likeness (QED) is 0.826. The molecule has 1 saturated carbocycles. The zero-order chi connectivity index (χ0) is 17.7. The Bertz CT molecular complexity index is 645. The fourth-order valence-electron chi connectivity index (χ4n) is 2.91. The fraction of sp³-hybridized carbons (Fsp3) is 0.611. The van der Waals surface area contributed by atoms with E-state index in [1.54, 1.807) is 13.8 Å². The molecule has 0 spiro atoms. The van der Waals surface area contributed by atoms with Gasteiger partial charge in [-0.1, -0.05) is 19.1 Å². The zero-order valence-corrected chi connectivity index (χ0v) is 15.5. The molecule has 2 rings (SSSR count). The predicted molar refractivity (Wildman–Crippen MR) is 97.4 cm³/mol. The minimum atomic E-state index is -3.24. The smallest absolute Gasteiger partial charge is 0.227 e. The van der Waals surface area contributed by atoms with Crippen LogP contribution in [0.1, 0.15) is 52.0 Å². The van der Waals surface area contributed by atoms with Crippen LogP contribution in [0, 0.1) is 5.92 Å². The molecule has 5 nitrogen and oxygen atoms in total. The summed E-state index contributed by atoms with van der Waals surface area (Å²) in [6.07, 6.45) is 3.82. The molecule has 6 heteroatoms. The molecule has 134 valence electrons. The summed E-state index contributed by atoms with van der Waals surface area (Å²) in [4.78, 5) is 12.4. The van der Waals surface area contributed by atoms with E-state index in [9.17, 15) is 13.2 Å². The van der Waals surface area contributed by atoms with E-state index in [2.05, 4.69) is 17.0 Å². The molecule has 0 unspecified atom stereocenters. The molecule has 0 atom stereocenters. The average Bonchev–Trinajstić information content (AvgIpc) is 2.55. The van der Waals surface area contributed by atoms with Crippen molar-refractivity contribution in [2.45, 2.75) is 64.2 Å². The van der Waals surface area contributed by atoms with Crippen molar-refractivity contribution in [3.63, 3.8) is 0 Å². The Kier molecular flexibility index (Phi) is 6.40. The molecule has 24 heavy (non-hydrogen) atoms. The van der Waals surface area contributed by atoms with Crippen LogP contribution in [0.5, 0.6) is 0 Å². The first-order chi connectivity index (χ1) is 11.3. The zero-order valence-electron chi connectivity index (χ0n) is 14.7. The highest BCUT2D eigenvalue weighted by Crippen LogP contribution is 2.26. The number of hydrogen-bond acceptors (Lipinski definition) is 3. The van der Waals surface area contributed by atoms with Gasteiger partial charge in [0.25, 0.3) is 0 Å². The summed E-state index contributed by atoms with van der Waals surface area (Å²) in [6, 6.07) is 7.85. The molecule has 1 aromatic rings. The van der Waals surface area contributed by atoms with Crippen molar-refractivity contribution < 1.29 is 13.2 Å². The van der Waals surface area contributed by atoms with E-state index in [0.717, 1.165) is 12.1 Å². The predicted octanol–water partition coefficient (Wildman–Crippen LogP) is 3.07. The average molecular weight is 353 g/mol. The lowest BCUT2D eigenvalue weighted by Crippen LogP contribution is -2.42. The Morgan fingerprint density at radius 3 is 2.21 bits per heavy atom. The number of rotatable bonds is 6. The number of carbonyl (C=O) groups excluding carboxylic acids is 1. The second-order valence-corrected chi connectivity index (χ2v) is 9.07. The van der Waals surface area contributed by atoms with Crippen molar-refractivity contribution >= 4 is 21.6 Å². The summed E-state index contributed by atoms with van der Waals surface area (Å²) in [5.74, 6) is -0.0138. The summed E-state index contributed by atoms with van der Waals surface area (Å²) >= 11 is 0. The molecule has 1 aliphatic rings. The van der Waals surface area contributed by atoms with Crippen molar-refractivity contribution in [3.05, 3.63) is 29.8 Å². The summed E-state index contributed by atoms with van der Waals surface area (Å²) in [5, 5.41) is 2.54. The molecule has 2 N–H and O–H groups in total. The molecule has 0 radical (unpaired) electrons. The monoisotopic (exact) mass is 352 g/mol. The third-order valence-electron chi connectivity index (χ3n) is 4.68. The first-order valence-corrected chi connectivity index (χ1v) is 10.3. The van der Waals surface area contributed by atoms with Gasteiger partial charge in [0.05, 0.1) is 5.25 Å². The molecule has 0 saturated heterocycles. The van der Waals surface area contributed by atoms with E-state index in [-0.39, 0.29) is 17.9 Å². The van der Waals surface area contributed by atoms with Gasteiger partial charge in [0, 0.05) is 17.6 Å². The van der Waals surface area contributed by atoms with E-state index in [0.29, 0.717) is 25.7 Å². The largest absolute Gasteiger partial charge is 0.326 e. The Morgan fingerprint density at radius 1 is 1.12 bits per heavy atom. The first-order valence-electron chi connectivity index (χ1n) is 8.72. The normalized spacial score (nSPS) is 21.7. The van der Waals surface area contributed by atoms with Gasteiger partial charge >= 0.3 is 0 Å². The van der Waals surface area contributed by atoms with Gasteiger partial charge in [0.15, 0.2) is 0 Å². The molecule has 0 bridgehead atoms. The SMILES string of the molecule is CCc1ccc(NC(=O)C2CCC(NS(=O)(=O)C(C)C)CC2)cc1. The van der Waals surface area contributed by atoms with Crippen molar-refractivity contribution in [2.75, 3.05) is 5.32 Å². The van der Waals surface area contributed by atoms with Gasteiger partial charge in [-0.2, -0.15) is 0 Å². The Hall–Kier alpha value is -1.40. The number of sulfonamides is 1. The standard InChI is InChI=1S/C18H28N2O3S/c1-4-14-5-9-16(10-6-14)19-18(21)15-7-11-17(12-8-15)20-24(22,23)13(2)3/h5-6,9-10,13,15,17,20H,4,7-8,11-12H2,1-3H3,(H,19,21). The fourth-order valence-corrected chi connectivity index (χ4v) is 3.88. The van der Waals surface area contributed by atoms with E-state index in [1.807, 2.05) is 24.3 Å². The highest BCUT2D eigenvalue weighted by molar-refractivity contribution is 7.90. The van der Waals surface area contributed by atoms with Gasteiger partial charge in [-0.05, 0) is 63.6 Å². The minimum absolute atomic E-state index is 0.0319. The Labute approximate surface area is 145 Å². The van der Waals surface area contributed by atoms with Gasteiger partial charge < -0.3 is 5.32 Å². The number of amides is 1. The van der Waals surface area contributed by atoms with Gasteiger partial charge in [-0.25, -0.2) is 13.1 Å². The Morgan fingerprint density at radius 2 is 1.71 bits per heavy atom. The third kappa shape index (κ3) is 5.05. The summed E-state index contributed by atoms with van der Waals surface area (Å²) in [7, 11) is -3.24. The number of aryl methyl sites for hydroxylation is 1. The number of benzene rings is 1. The van der Waals surface area contributed by atoms with Crippen LogP contribution < -0.4 is 10.0 Å². The maximum Gasteiger partial charge on any atom is 0.227 e. The Balaban J connectivity index is 1.84. The topological polar surface area (TPSA) is 75.3 Å². The van der Waals surface area contributed by atoms with Crippen LogP contribution in [0.2, 0.25) is 0 Å². The first kappa shape index (κ1) is 18.9. The lowest BCUT2D eigenvalue weighted by Gasteiger charge is -2.28. The maximum absolute atomic E-state index is 12.4. The number of nitrogens with one attached hydrogen (secondary N) is 2. The van der Waals surface area contributed by atoms with Crippen molar-refractivity contribution in [1.82, 2.24) is 4.72 Å².